The predicted molar refractivity (Wildman–Crippen MR) is 139 cm³/mol. The van der Waals surface area contributed by atoms with Gasteiger partial charge in [-0.05, 0) is 59.7 Å². The van der Waals surface area contributed by atoms with Gasteiger partial charge in [-0.15, -0.1) is 0 Å². The minimum atomic E-state index is -0.407. The Labute approximate surface area is 207 Å². The molecule has 2 aromatic rings. The standard InChI is InChI=1S/C27H37N5O3/c1-3-25(28)32-9-7-19(8-10-32)17-31(11-12-33)18-20-13-23(16-24(14-20)27(34)35-2)21-5-4-6-22(15-21)26(29)30/h4-6,13-16,19,28,33H,3,7-12,17-18H2,1-2H3,(H3,29,30). The Morgan fingerprint density at radius 2 is 1.86 bits per heavy atom. The molecular weight excluding hydrogens is 442 g/mol. The van der Waals surface area contributed by atoms with Crippen molar-refractivity contribution in [1.82, 2.24) is 9.80 Å². The topological polar surface area (TPSA) is 127 Å². The van der Waals surface area contributed by atoms with Crippen LogP contribution in [0.5, 0.6) is 0 Å². The maximum atomic E-state index is 12.4. The minimum Gasteiger partial charge on any atom is -0.465 e. The number of piperidine rings is 1. The van der Waals surface area contributed by atoms with Crippen LogP contribution < -0.4 is 5.73 Å². The summed E-state index contributed by atoms with van der Waals surface area (Å²) in [4.78, 5) is 16.8. The van der Waals surface area contributed by atoms with Gasteiger partial charge in [-0.3, -0.25) is 15.7 Å². The normalized spacial score (nSPS) is 14.2. The number of nitrogen functional groups attached to an aromatic ring is 1. The van der Waals surface area contributed by atoms with E-state index in [4.69, 9.17) is 21.3 Å². The quantitative estimate of drug-likeness (QED) is 0.235. The second-order valence-electron chi connectivity index (χ2n) is 9.09. The fourth-order valence-electron chi connectivity index (χ4n) is 4.66. The number of aliphatic hydroxyl groups excluding tert-OH is 1. The van der Waals surface area contributed by atoms with Gasteiger partial charge in [0.1, 0.15) is 5.84 Å². The van der Waals surface area contributed by atoms with Crippen LogP contribution in [-0.4, -0.2) is 72.4 Å². The zero-order chi connectivity index (χ0) is 25.4. The molecule has 1 aliphatic rings. The van der Waals surface area contributed by atoms with Gasteiger partial charge in [-0.1, -0.05) is 25.1 Å². The minimum absolute atomic E-state index is 0.00885. The zero-order valence-electron chi connectivity index (χ0n) is 20.7. The summed E-state index contributed by atoms with van der Waals surface area (Å²) in [5.41, 5.74) is 9.43. The highest BCUT2D eigenvalue weighted by molar-refractivity contribution is 5.96. The maximum absolute atomic E-state index is 12.4. The number of methoxy groups -OCH3 is 1. The van der Waals surface area contributed by atoms with Crippen LogP contribution >= 0.6 is 0 Å². The van der Waals surface area contributed by atoms with Crippen molar-refractivity contribution in [2.75, 3.05) is 39.9 Å². The van der Waals surface area contributed by atoms with E-state index in [0.717, 1.165) is 55.6 Å². The van der Waals surface area contributed by atoms with Gasteiger partial charge in [0.05, 0.1) is 25.1 Å². The number of nitrogens with zero attached hydrogens (tertiary/aromatic N) is 2. The Hall–Kier alpha value is -3.23. The van der Waals surface area contributed by atoms with Gasteiger partial charge < -0.3 is 20.5 Å². The molecule has 1 heterocycles. The number of carbonyl (C=O) groups excluding carboxylic acids is 1. The Balaban J connectivity index is 1.81. The number of amidine groups is 2. The Morgan fingerprint density at radius 1 is 1.14 bits per heavy atom. The molecule has 1 fully saturated rings. The van der Waals surface area contributed by atoms with Gasteiger partial charge in [0, 0.05) is 44.7 Å². The molecule has 5 N–H and O–H groups in total. The highest BCUT2D eigenvalue weighted by atomic mass is 16.5. The van der Waals surface area contributed by atoms with Gasteiger partial charge >= 0.3 is 5.97 Å². The zero-order valence-corrected chi connectivity index (χ0v) is 20.7. The van der Waals surface area contributed by atoms with Crippen LogP contribution in [0.1, 0.15) is 47.7 Å². The molecule has 0 saturated carbocycles. The van der Waals surface area contributed by atoms with Gasteiger partial charge in [0.15, 0.2) is 0 Å². The van der Waals surface area contributed by atoms with Crippen molar-refractivity contribution in [3.8, 4) is 11.1 Å². The predicted octanol–water partition coefficient (Wildman–Crippen LogP) is 3.32. The summed E-state index contributed by atoms with van der Waals surface area (Å²) in [6.45, 7) is 5.87. The van der Waals surface area contributed by atoms with Crippen LogP contribution in [0.3, 0.4) is 0 Å². The monoisotopic (exact) mass is 479 g/mol. The molecule has 0 aliphatic carbocycles. The van der Waals surface area contributed by atoms with Crippen molar-refractivity contribution in [3.63, 3.8) is 0 Å². The summed E-state index contributed by atoms with van der Waals surface area (Å²) in [5, 5.41) is 25.5. The van der Waals surface area contributed by atoms with Gasteiger partial charge in [-0.25, -0.2) is 4.79 Å². The van der Waals surface area contributed by atoms with Crippen LogP contribution in [0, 0.1) is 16.7 Å². The van der Waals surface area contributed by atoms with Gasteiger partial charge in [0.2, 0.25) is 0 Å². The van der Waals surface area contributed by atoms with Crippen molar-refractivity contribution in [2.45, 2.75) is 32.7 Å². The largest absolute Gasteiger partial charge is 0.465 e. The van der Waals surface area contributed by atoms with E-state index in [1.54, 1.807) is 12.1 Å². The molecule has 0 bridgehead atoms. The molecule has 2 aromatic carbocycles. The van der Waals surface area contributed by atoms with Gasteiger partial charge in [0.25, 0.3) is 0 Å². The van der Waals surface area contributed by atoms with Crippen molar-refractivity contribution < 1.29 is 14.6 Å². The van der Waals surface area contributed by atoms with E-state index < -0.39 is 5.97 Å². The molecule has 0 amide bonds. The number of nitrogens with one attached hydrogen (secondary N) is 2. The second kappa shape index (κ2) is 12.5. The van der Waals surface area contributed by atoms with Crippen LogP contribution in [0.4, 0.5) is 0 Å². The molecule has 3 rings (SSSR count). The third-order valence-corrected chi connectivity index (χ3v) is 6.59. The number of benzene rings is 2. The molecule has 1 saturated heterocycles. The molecule has 35 heavy (non-hydrogen) atoms. The first-order chi connectivity index (χ1) is 16.8. The molecule has 0 spiro atoms. The smallest absolute Gasteiger partial charge is 0.337 e. The first-order valence-corrected chi connectivity index (χ1v) is 12.2. The molecule has 8 heteroatoms. The summed E-state index contributed by atoms with van der Waals surface area (Å²) in [6.07, 6.45) is 2.81. The lowest BCUT2D eigenvalue weighted by molar-refractivity contribution is 0.0600. The van der Waals surface area contributed by atoms with Crippen molar-refractivity contribution in [1.29, 1.82) is 10.8 Å². The first kappa shape index (κ1) is 26.4. The van der Waals surface area contributed by atoms with Crippen molar-refractivity contribution in [3.05, 3.63) is 59.2 Å². The Morgan fingerprint density at radius 3 is 2.49 bits per heavy atom. The average molecular weight is 480 g/mol. The fraction of sp³-hybridized carbons (Fsp3) is 0.444. The summed E-state index contributed by atoms with van der Waals surface area (Å²) in [7, 11) is 1.37. The van der Waals surface area contributed by atoms with E-state index >= 15 is 0 Å². The number of nitrogens with two attached hydrogens (primary N) is 1. The number of hydrogen-bond donors (Lipinski definition) is 4. The number of carbonyl (C=O) groups is 1. The van der Waals surface area contributed by atoms with E-state index in [0.29, 0.717) is 36.0 Å². The van der Waals surface area contributed by atoms with E-state index in [1.807, 2.05) is 37.3 Å². The molecular formula is C27H37N5O3. The summed E-state index contributed by atoms with van der Waals surface area (Å²) >= 11 is 0. The number of ether oxygens (including phenoxy) is 1. The molecule has 188 valence electrons. The van der Waals surface area contributed by atoms with E-state index in [-0.39, 0.29) is 12.4 Å². The summed E-state index contributed by atoms with van der Waals surface area (Å²) in [5.74, 6) is 0.787. The highest BCUT2D eigenvalue weighted by Gasteiger charge is 2.23. The fourth-order valence-corrected chi connectivity index (χ4v) is 4.66. The average Bonchev–Trinajstić information content (AvgIpc) is 2.88. The number of likely N-dealkylation sites (tertiary alicyclic amines) is 1. The van der Waals surface area contributed by atoms with Crippen LogP contribution in [0.2, 0.25) is 0 Å². The van der Waals surface area contributed by atoms with Crippen LogP contribution in [-0.2, 0) is 11.3 Å². The number of hydrogen-bond acceptors (Lipinski definition) is 6. The van der Waals surface area contributed by atoms with E-state index in [1.165, 1.54) is 7.11 Å². The third-order valence-electron chi connectivity index (χ3n) is 6.59. The van der Waals surface area contributed by atoms with Crippen molar-refractivity contribution >= 4 is 17.6 Å². The summed E-state index contributed by atoms with van der Waals surface area (Å²) in [6, 6.07) is 13.1. The second-order valence-corrected chi connectivity index (χ2v) is 9.09. The van der Waals surface area contributed by atoms with Gasteiger partial charge in [-0.2, -0.15) is 0 Å². The summed E-state index contributed by atoms with van der Waals surface area (Å²) < 4.78 is 4.99. The van der Waals surface area contributed by atoms with E-state index in [2.05, 4.69) is 9.80 Å². The van der Waals surface area contributed by atoms with Crippen LogP contribution in [0.15, 0.2) is 42.5 Å². The highest BCUT2D eigenvalue weighted by Crippen LogP contribution is 2.26. The maximum Gasteiger partial charge on any atom is 0.337 e. The van der Waals surface area contributed by atoms with Crippen molar-refractivity contribution in [2.24, 2.45) is 11.7 Å². The SMILES string of the molecule is CCC(=N)N1CCC(CN(CCO)Cc2cc(C(=O)OC)cc(-c3cccc(C(=N)N)c3)c2)CC1. The lowest BCUT2D eigenvalue weighted by Crippen LogP contribution is -2.41. The molecule has 0 atom stereocenters. The molecule has 0 unspecified atom stereocenters. The number of aliphatic hydroxyl groups is 1. The molecule has 1 aliphatic heterocycles. The van der Waals surface area contributed by atoms with Crippen LogP contribution in [0.25, 0.3) is 11.1 Å². The first-order valence-electron chi connectivity index (χ1n) is 12.2. The molecule has 8 nitrogen and oxygen atoms in total. The lowest BCUT2D eigenvalue weighted by atomic mass is 9.95. The Bertz CT molecular complexity index is 1050. The molecule has 0 radical (unpaired) electrons. The Kier molecular flexibility index (Phi) is 9.39. The molecule has 0 aromatic heterocycles. The number of esters is 1. The number of rotatable bonds is 10. The lowest BCUT2D eigenvalue weighted by Gasteiger charge is -2.36. The third kappa shape index (κ3) is 7.13. The van der Waals surface area contributed by atoms with E-state index in [9.17, 15) is 9.90 Å².